The van der Waals surface area contributed by atoms with Crippen LogP contribution >= 0.6 is 0 Å². The lowest BCUT2D eigenvalue weighted by Gasteiger charge is -2.08. The number of halogens is 1. The number of non-ortho nitro benzene ring substituents is 1. The molecule has 30 heavy (non-hydrogen) atoms. The summed E-state index contributed by atoms with van der Waals surface area (Å²) in [4.78, 5) is 22.9. The van der Waals surface area contributed by atoms with E-state index in [1.54, 1.807) is 35.9 Å². The highest BCUT2D eigenvalue weighted by Gasteiger charge is 2.30. The van der Waals surface area contributed by atoms with Gasteiger partial charge in [-0.25, -0.2) is 13.9 Å². The summed E-state index contributed by atoms with van der Waals surface area (Å²) >= 11 is 0. The number of aromatic nitrogens is 2. The van der Waals surface area contributed by atoms with Crippen LogP contribution in [0.1, 0.15) is 40.7 Å². The molecule has 1 aliphatic carbocycles. The molecular formula is C22H18FN3O4. The summed E-state index contributed by atoms with van der Waals surface area (Å²) in [6, 6.07) is 12.1. The first-order valence-electron chi connectivity index (χ1n) is 9.48. The smallest absolute Gasteiger partial charge is 0.359 e. The lowest BCUT2D eigenvalue weighted by molar-refractivity contribution is -0.384. The van der Waals surface area contributed by atoms with E-state index in [4.69, 9.17) is 4.74 Å². The molecule has 0 unspecified atom stereocenters. The molecule has 0 amide bonds. The van der Waals surface area contributed by atoms with Crippen molar-refractivity contribution < 1.29 is 18.8 Å². The fraction of sp³-hybridized carbons (Fsp3) is 0.182. The van der Waals surface area contributed by atoms with Crippen LogP contribution in [-0.2, 0) is 11.2 Å². The van der Waals surface area contributed by atoms with Gasteiger partial charge >= 0.3 is 5.97 Å². The molecule has 7 nitrogen and oxygen atoms in total. The largest absolute Gasteiger partial charge is 0.461 e. The Balaban J connectivity index is 1.81. The molecule has 8 heteroatoms. The van der Waals surface area contributed by atoms with Crippen LogP contribution < -0.4 is 0 Å². The maximum absolute atomic E-state index is 13.4. The fourth-order valence-corrected chi connectivity index (χ4v) is 3.56. The second kappa shape index (κ2) is 7.90. The van der Waals surface area contributed by atoms with Gasteiger partial charge in [-0.05, 0) is 73.4 Å². The minimum Gasteiger partial charge on any atom is -0.461 e. The van der Waals surface area contributed by atoms with Gasteiger partial charge in [0.05, 0.1) is 22.9 Å². The van der Waals surface area contributed by atoms with Gasteiger partial charge in [0.2, 0.25) is 0 Å². The van der Waals surface area contributed by atoms with Crippen LogP contribution in [0.3, 0.4) is 0 Å². The Bertz CT molecular complexity index is 1150. The van der Waals surface area contributed by atoms with Crippen molar-refractivity contribution in [1.29, 1.82) is 0 Å². The number of hydrogen-bond acceptors (Lipinski definition) is 5. The normalized spacial score (nSPS) is 14.0. The Kier molecular flexibility index (Phi) is 5.14. The molecule has 1 aromatic heterocycles. The quantitative estimate of drug-likeness (QED) is 0.351. The Morgan fingerprint density at radius 1 is 1.20 bits per heavy atom. The number of nitro benzene ring substituents is 1. The van der Waals surface area contributed by atoms with Crippen molar-refractivity contribution >= 4 is 23.3 Å². The van der Waals surface area contributed by atoms with Crippen LogP contribution in [0.25, 0.3) is 17.3 Å². The maximum atomic E-state index is 13.4. The number of allylic oxidation sites excluding steroid dienone is 1. The molecule has 4 rings (SSSR count). The number of ether oxygens (including phenoxy) is 1. The second-order valence-electron chi connectivity index (χ2n) is 6.80. The summed E-state index contributed by atoms with van der Waals surface area (Å²) in [5.41, 5.74) is 4.18. The van der Waals surface area contributed by atoms with E-state index in [0.717, 1.165) is 22.4 Å². The van der Waals surface area contributed by atoms with Gasteiger partial charge in [0.25, 0.3) is 5.69 Å². The van der Waals surface area contributed by atoms with E-state index in [2.05, 4.69) is 5.10 Å². The van der Waals surface area contributed by atoms with Crippen molar-refractivity contribution in [2.45, 2.75) is 19.8 Å². The molecule has 152 valence electrons. The highest BCUT2D eigenvalue weighted by molar-refractivity contribution is 5.94. The molecule has 1 heterocycles. The number of esters is 1. The molecule has 0 saturated carbocycles. The summed E-state index contributed by atoms with van der Waals surface area (Å²) < 4.78 is 20.2. The summed E-state index contributed by atoms with van der Waals surface area (Å²) in [7, 11) is 0. The highest BCUT2D eigenvalue weighted by Crippen LogP contribution is 2.37. The van der Waals surface area contributed by atoms with Gasteiger partial charge in [-0.3, -0.25) is 10.1 Å². The number of benzene rings is 2. The summed E-state index contributed by atoms with van der Waals surface area (Å²) in [5, 5.41) is 15.3. The third kappa shape index (κ3) is 3.59. The average molecular weight is 407 g/mol. The molecule has 3 aromatic rings. The van der Waals surface area contributed by atoms with Crippen LogP contribution in [0.4, 0.5) is 10.1 Å². The highest BCUT2D eigenvalue weighted by atomic mass is 19.1. The van der Waals surface area contributed by atoms with Crippen molar-refractivity contribution in [3.63, 3.8) is 0 Å². The van der Waals surface area contributed by atoms with Gasteiger partial charge in [-0.2, -0.15) is 5.10 Å². The Morgan fingerprint density at radius 2 is 1.90 bits per heavy atom. The molecule has 0 N–H and O–H groups in total. The van der Waals surface area contributed by atoms with Crippen molar-refractivity contribution in [3.8, 4) is 5.69 Å². The molecule has 1 aliphatic rings. The molecule has 2 aromatic carbocycles. The van der Waals surface area contributed by atoms with E-state index in [1.807, 2.05) is 6.08 Å². The number of carbonyl (C=O) groups excluding carboxylic acids is 1. The van der Waals surface area contributed by atoms with E-state index in [1.165, 1.54) is 24.3 Å². The molecule has 0 saturated heterocycles. The van der Waals surface area contributed by atoms with Gasteiger partial charge in [-0.1, -0.05) is 0 Å². The predicted octanol–water partition coefficient (Wildman–Crippen LogP) is 4.58. The number of hydrogen-bond donors (Lipinski definition) is 0. The summed E-state index contributed by atoms with van der Waals surface area (Å²) in [6.07, 6.45) is 3.22. The monoisotopic (exact) mass is 407 g/mol. The zero-order valence-corrected chi connectivity index (χ0v) is 16.2. The Morgan fingerprint density at radius 3 is 2.53 bits per heavy atom. The third-order valence-electron chi connectivity index (χ3n) is 4.92. The zero-order chi connectivity index (χ0) is 21.3. The van der Waals surface area contributed by atoms with Gasteiger partial charge in [-0.15, -0.1) is 0 Å². The SMILES string of the molecule is CCOC(=O)c1nn(-c2ccc(F)cc2)c2c1CCC2=Cc1ccc([N+](=O)[O-])cc1. The van der Waals surface area contributed by atoms with Crippen molar-refractivity contribution in [2.24, 2.45) is 0 Å². The summed E-state index contributed by atoms with van der Waals surface area (Å²) in [5.74, 6) is -0.860. The first-order chi connectivity index (χ1) is 14.5. The predicted molar refractivity (Wildman–Crippen MR) is 109 cm³/mol. The van der Waals surface area contributed by atoms with Crippen molar-refractivity contribution in [3.05, 3.63) is 87.0 Å². The second-order valence-corrected chi connectivity index (χ2v) is 6.80. The first-order valence-corrected chi connectivity index (χ1v) is 9.48. The lowest BCUT2D eigenvalue weighted by atomic mass is 10.1. The van der Waals surface area contributed by atoms with E-state index in [0.29, 0.717) is 18.5 Å². The molecule has 0 atom stereocenters. The maximum Gasteiger partial charge on any atom is 0.359 e. The van der Waals surface area contributed by atoms with E-state index in [9.17, 15) is 19.3 Å². The van der Waals surface area contributed by atoms with Crippen LogP contribution in [0.5, 0.6) is 0 Å². The molecule has 0 bridgehead atoms. The average Bonchev–Trinajstić information content (AvgIpc) is 3.30. The van der Waals surface area contributed by atoms with Crippen LogP contribution in [-0.4, -0.2) is 27.3 Å². The van der Waals surface area contributed by atoms with Crippen molar-refractivity contribution in [1.82, 2.24) is 9.78 Å². The number of fused-ring (bicyclic) bond motifs is 1. The minimum atomic E-state index is -0.494. The van der Waals surface area contributed by atoms with Gasteiger partial charge in [0.1, 0.15) is 5.82 Å². The fourth-order valence-electron chi connectivity index (χ4n) is 3.56. The van der Waals surface area contributed by atoms with Crippen LogP contribution in [0.15, 0.2) is 48.5 Å². The molecular weight excluding hydrogens is 389 g/mol. The van der Waals surface area contributed by atoms with E-state index < -0.39 is 10.9 Å². The van der Waals surface area contributed by atoms with E-state index in [-0.39, 0.29) is 23.8 Å². The van der Waals surface area contributed by atoms with E-state index >= 15 is 0 Å². The first kappa shape index (κ1) is 19.5. The minimum absolute atomic E-state index is 0.0187. The van der Waals surface area contributed by atoms with Crippen LogP contribution in [0.2, 0.25) is 0 Å². The van der Waals surface area contributed by atoms with Gasteiger partial charge in [0.15, 0.2) is 5.69 Å². The Hall–Kier alpha value is -3.81. The van der Waals surface area contributed by atoms with Gasteiger partial charge in [0, 0.05) is 17.7 Å². The zero-order valence-electron chi connectivity index (χ0n) is 16.2. The molecule has 0 radical (unpaired) electrons. The molecule has 0 fully saturated rings. The van der Waals surface area contributed by atoms with Gasteiger partial charge < -0.3 is 4.74 Å². The number of nitrogens with zero attached hydrogens (tertiary/aromatic N) is 3. The lowest BCUT2D eigenvalue weighted by Crippen LogP contribution is -2.09. The van der Waals surface area contributed by atoms with Crippen LogP contribution in [0, 0.1) is 15.9 Å². The van der Waals surface area contributed by atoms with Crippen molar-refractivity contribution in [2.75, 3.05) is 6.61 Å². The topological polar surface area (TPSA) is 87.3 Å². The number of rotatable bonds is 5. The summed E-state index contributed by atoms with van der Waals surface area (Å²) in [6.45, 7) is 1.97. The number of nitro groups is 1. The molecule has 0 spiro atoms. The Labute approximate surface area is 171 Å². The molecule has 0 aliphatic heterocycles. The third-order valence-corrected chi connectivity index (χ3v) is 4.92. The number of carbonyl (C=O) groups is 1. The standard InChI is InChI=1S/C22H18FN3O4/c1-2-30-22(27)20-19-12-5-15(13-14-3-8-18(9-4-14)26(28)29)21(19)25(24-20)17-10-6-16(23)7-11-17/h3-4,6-11,13H,2,5,12H2,1H3.